The number of amides is 1. The molecule has 1 unspecified atom stereocenters. The first-order valence-corrected chi connectivity index (χ1v) is 9.15. The zero-order chi connectivity index (χ0) is 20.1. The molecule has 1 atom stereocenters. The summed E-state index contributed by atoms with van der Waals surface area (Å²) in [6, 6.07) is 10.6. The fraction of sp³-hybridized carbons (Fsp3) is 0.316. The van der Waals surface area contributed by atoms with Crippen LogP contribution in [-0.4, -0.2) is 53.7 Å². The Morgan fingerprint density at radius 1 is 1.25 bits per heavy atom. The number of hydrogen-bond donors (Lipinski definition) is 2. The Balaban J connectivity index is 1.85. The normalized spacial score (nSPS) is 15.1. The molecule has 1 fully saturated rings. The van der Waals surface area contributed by atoms with Gasteiger partial charge >= 0.3 is 0 Å². The Kier molecular flexibility index (Phi) is 6.45. The number of ether oxygens (including phenoxy) is 1. The van der Waals surface area contributed by atoms with Gasteiger partial charge < -0.3 is 20.1 Å². The molecule has 1 amide bonds. The summed E-state index contributed by atoms with van der Waals surface area (Å²) in [5, 5.41) is 24.8. The van der Waals surface area contributed by atoms with Gasteiger partial charge in [0.1, 0.15) is 5.69 Å². The van der Waals surface area contributed by atoms with Crippen LogP contribution >= 0.6 is 11.6 Å². The third kappa shape index (κ3) is 4.59. The summed E-state index contributed by atoms with van der Waals surface area (Å²) in [6.07, 6.45) is 0. The van der Waals surface area contributed by atoms with E-state index in [-0.39, 0.29) is 29.5 Å². The Labute approximate surface area is 166 Å². The molecule has 3 rings (SSSR count). The number of hydrogen-bond acceptors (Lipinski definition) is 6. The highest BCUT2D eigenvalue weighted by atomic mass is 35.5. The molecule has 2 N–H and O–H groups in total. The summed E-state index contributed by atoms with van der Waals surface area (Å²) in [7, 11) is 0. The largest absolute Gasteiger partial charge is 0.394 e. The molecule has 0 spiro atoms. The van der Waals surface area contributed by atoms with Crippen molar-refractivity contribution in [3.8, 4) is 0 Å². The Hall–Kier alpha value is -2.68. The van der Waals surface area contributed by atoms with Crippen LogP contribution in [0, 0.1) is 10.1 Å². The lowest BCUT2D eigenvalue weighted by molar-refractivity contribution is -0.384. The van der Waals surface area contributed by atoms with E-state index in [1.807, 2.05) is 0 Å². The van der Waals surface area contributed by atoms with Gasteiger partial charge in [0.2, 0.25) is 0 Å². The summed E-state index contributed by atoms with van der Waals surface area (Å²) < 4.78 is 5.23. The second kappa shape index (κ2) is 9.01. The molecule has 9 heteroatoms. The van der Waals surface area contributed by atoms with Gasteiger partial charge in [-0.25, -0.2) is 0 Å². The fourth-order valence-corrected chi connectivity index (χ4v) is 3.13. The van der Waals surface area contributed by atoms with Gasteiger partial charge in [0.05, 0.1) is 30.8 Å². The third-order valence-electron chi connectivity index (χ3n) is 4.52. The predicted molar refractivity (Wildman–Crippen MR) is 105 cm³/mol. The highest BCUT2D eigenvalue weighted by Gasteiger charge is 2.24. The fourth-order valence-electron chi connectivity index (χ4n) is 3.00. The number of anilines is 1. The van der Waals surface area contributed by atoms with Crippen LogP contribution in [0.5, 0.6) is 0 Å². The number of carbonyl (C=O) groups excluding carboxylic acids is 1. The van der Waals surface area contributed by atoms with Gasteiger partial charge in [-0.1, -0.05) is 23.7 Å². The minimum atomic E-state index is -0.559. The van der Waals surface area contributed by atoms with E-state index in [9.17, 15) is 20.0 Å². The molecule has 0 aliphatic carbocycles. The van der Waals surface area contributed by atoms with Crippen molar-refractivity contribution in [2.75, 3.05) is 38.2 Å². The van der Waals surface area contributed by atoms with Crippen LogP contribution in [0.4, 0.5) is 11.4 Å². The van der Waals surface area contributed by atoms with Crippen molar-refractivity contribution in [1.29, 1.82) is 0 Å². The average Bonchev–Trinajstić information content (AvgIpc) is 2.72. The standard InChI is InChI=1S/C19H20ClN3O5/c20-15-4-1-13(2-5-15)17(12-24)21-16-6-3-14(11-18(16)23(26)27)19(25)22-7-9-28-10-8-22/h1-6,11,17,21,24H,7-10,12H2. The number of morpholine rings is 1. The molecule has 0 aromatic heterocycles. The number of benzene rings is 2. The van der Waals surface area contributed by atoms with Crippen LogP contribution in [0.1, 0.15) is 22.0 Å². The van der Waals surface area contributed by atoms with E-state index in [1.54, 1.807) is 35.2 Å². The van der Waals surface area contributed by atoms with Gasteiger partial charge in [-0.15, -0.1) is 0 Å². The van der Waals surface area contributed by atoms with Crippen LogP contribution in [0.15, 0.2) is 42.5 Å². The van der Waals surface area contributed by atoms with Gasteiger partial charge in [-0.05, 0) is 29.8 Å². The lowest BCUT2D eigenvalue weighted by Gasteiger charge is -2.27. The first-order valence-electron chi connectivity index (χ1n) is 8.78. The van der Waals surface area contributed by atoms with Crippen molar-refractivity contribution in [1.82, 2.24) is 4.90 Å². The van der Waals surface area contributed by atoms with Crippen LogP contribution < -0.4 is 5.32 Å². The van der Waals surface area contributed by atoms with Gasteiger partial charge in [0, 0.05) is 29.7 Å². The Morgan fingerprint density at radius 2 is 1.93 bits per heavy atom. The van der Waals surface area contributed by atoms with E-state index in [4.69, 9.17) is 16.3 Å². The van der Waals surface area contributed by atoms with Gasteiger partial charge in [0.25, 0.3) is 11.6 Å². The number of nitrogens with one attached hydrogen (secondary N) is 1. The second-order valence-electron chi connectivity index (χ2n) is 6.32. The summed E-state index contributed by atoms with van der Waals surface area (Å²) in [5.74, 6) is -0.269. The SMILES string of the molecule is O=C(c1ccc(NC(CO)c2ccc(Cl)cc2)c([N+](=O)[O-])c1)N1CCOCC1. The number of nitro groups is 1. The molecule has 2 aromatic carbocycles. The number of aliphatic hydroxyl groups excluding tert-OH is 1. The maximum atomic E-state index is 12.6. The number of carbonyl (C=O) groups is 1. The molecule has 0 bridgehead atoms. The first-order chi connectivity index (χ1) is 13.5. The zero-order valence-electron chi connectivity index (χ0n) is 15.0. The van der Waals surface area contributed by atoms with E-state index in [1.165, 1.54) is 12.1 Å². The average molecular weight is 406 g/mol. The highest BCUT2D eigenvalue weighted by Crippen LogP contribution is 2.30. The van der Waals surface area contributed by atoms with E-state index < -0.39 is 11.0 Å². The Morgan fingerprint density at radius 3 is 2.54 bits per heavy atom. The number of rotatable bonds is 6. The van der Waals surface area contributed by atoms with Gasteiger partial charge in [-0.3, -0.25) is 14.9 Å². The molecule has 1 saturated heterocycles. The lowest BCUT2D eigenvalue weighted by atomic mass is 10.1. The van der Waals surface area contributed by atoms with Crippen molar-refractivity contribution in [2.24, 2.45) is 0 Å². The van der Waals surface area contributed by atoms with Crippen LogP contribution in [0.2, 0.25) is 5.02 Å². The topological polar surface area (TPSA) is 105 Å². The van der Waals surface area contributed by atoms with E-state index in [0.29, 0.717) is 31.3 Å². The van der Waals surface area contributed by atoms with Crippen molar-refractivity contribution >= 4 is 28.9 Å². The highest BCUT2D eigenvalue weighted by molar-refractivity contribution is 6.30. The minimum absolute atomic E-state index is 0.220. The Bertz CT molecular complexity index is 853. The van der Waals surface area contributed by atoms with Crippen LogP contribution in [0.25, 0.3) is 0 Å². The van der Waals surface area contributed by atoms with E-state index in [2.05, 4.69) is 5.32 Å². The number of halogens is 1. The van der Waals surface area contributed by atoms with Gasteiger partial charge in [-0.2, -0.15) is 0 Å². The van der Waals surface area contributed by atoms with Crippen molar-refractivity contribution < 1.29 is 19.6 Å². The third-order valence-corrected chi connectivity index (χ3v) is 4.78. The molecule has 28 heavy (non-hydrogen) atoms. The molecule has 2 aromatic rings. The number of nitrogens with zero attached hydrogens (tertiary/aromatic N) is 2. The van der Waals surface area contributed by atoms with Crippen molar-refractivity contribution in [3.63, 3.8) is 0 Å². The molecular weight excluding hydrogens is 386 g/mol. The maximum Gasteiger partial charge on any atom is 0.293 e. The molecular formula is C19H20ClN3O5. The van der Waals surface area contributed by atoms with E-state index >= 15 is 0 Å². The van der Waals surface area contributed by atoms with Gasteiger partial charge in [0.15, 0.2) is 0 Å². The summed E-state index contributed by atoms with van der Waals surface area (Å²) in [4.78, 5) is 25.2. The molecule has 1 aliphatic heterocycles. The second-order valence-corrected chi connectivity index (χ2v) is 6.76. The number of aliphatic hydroxyl groups is 1. The van der Waals surface area contributed by atoms with Crippen molar-refractivity contribution in [3.05, 3.63) is 68.7 Å². The monoisotopic (exact) mass is 405 g/mol. The summed E-state index contributed by atoms with van der Waals surface area (Å²) >= 11 is 5.88. The van der Waals surface area contributed by atoms with Crippen LogP contribution in [0.3, 0.4) is 0 Å². The summed E-state index contributed by atoms with van der Waals surface area (Å²) in [6.45, 7) is 1.54. The molecule has 0 saturated carbocycles. The lowest BCUT2D eigenvalue weighted by Crippen LogP contribution is -2.40. The number of nitro benzene ring substituents is 1. The molecule has 1 heterocycles. The summed E-state index contributed by atoms with van der Waals surface area (Å²) in [5.41, 5.74) is 0.963. The van der Waals surface area contributed by atoms with E-state index in [0.717, 1.165) is 5.56 Å². The molecule has 148 valence electrons. The smallest absolute Gasteiger partial charge is 0.293 e. The minimum Gasteiger partial charge on any atom is -0.394 e. The maximum absolute atomic E-state index is 12.6. The predicted octanol–water partition coefficient (Wildman–Crippen LogP) is 2.87. The molecule has 8 nitrogen and oxygen atoms in total. The molecule has 0 radical (unpaired) electrons. The zero-order valence-corrected chi connectivity index (χ0v) is 15.8. The van der Waals surface area contributed by atoms with Crippen molar-refractivity contribution in [2.45, 2.75) is 6.04 Å². The first kappa shape index (κ1) is 20.1. The molecule has 1 aliphatic rings. The van der Waals surface area contributed by atoms with Crippen LogP contribution in [-0.2, 0) is 4.74 Å². The quantitative estimate of drug-likeness (QED) is 0.565.